The fourth-order valence-corrected chi connectivity index (χ4v) is 1.59. The van der Waals surface area contributed by atoms with Gasteiger partial charge < -0.3 is 4.74 Å². The Kier molecular flexibility index (Phi) is 4.27. The number of amides is 1. The van der Waals surface area contributed by atoms with Crippen LogP contribution >= 0.6 is 0 Å². The molecule has 20 heavy (non-hydrogen) atoms. The van der Waals surface area contributed by atoms with Gasteiger partial charge in [0.25, 0.3) is 5.91 Å². The average molecular weight is 275 g/mol. The van der Waals surface area contributed by atoms with Crippen LogP contribution in [0.25, 0.3) is 0 Å². The second-order valence-corrected chi connectivity index (χ2v) is 4.21. The maximum Gasteiger partial charge on any atom is 0.266 e. The fourth-order valence-electron chi connectivity index (χ4n) is 1.59. The summed E-state index contributed by atoms with van der Waals surface area (Å²) in [5.74, 6) is 4.91. The molecule has 0 aliphatic carbocycles. The van der Waals surface area contributed by atoms with Crippen molar-refractivity contribution < 1.29 is 13.9 Å². The Balaban J connectivity index is 2.00. The first-order valence-corrected chi connectivity index (χ1v) is 5.95. The van der Waals surface area contributed by atoms with Crippen molar-refractivity contribution in [2.45, 2.75) is 13.5 Å². The average Bonchev–Trinajstić information content (AvgIpc) is 2.48. The number of benzene rings is 1. The normalized spacial score (nSPS) is 10.2. The molecule has 2 aromatic rings. The zero-order chi connectivity index (χ0) is 14.5. The summed E-state index contributed by atoms with van der Waals surface area (Å²) in [6, 6.07) is 7.79. The molecule has 0 saturated heterocycles. The van der Waals surface area contributed by atoms with E-state index in [0.717, 1.165) is 0 Å². The van der Waals surface area contributed by atoms with Gasteiger partial charge in [0.15, 0.2) is 0 Å². The molecular formula is C14H14FN3O2. The first-order chi connectivity index (χ1) is 9.60. The van der Waals surface area contributed by atoms with Crippen molar-refractivity contribution in [3.8, 4) is 5.75 Å². The van der Waals surface area contributed by atoms with E-state index in [-0.39, 0.29) is 12.4 Å². The summed E-state index contributed by atoms with van der Waals surface area (Å²) < 4.78 is 18.6. The minimum absolute atomic E-state index is 0.232. The van der Waals surface area contributed by atoms with Crippen LogP contribution in [0.4, 0.5) is 4.39 Å². The minimum atomic E-state index is -0.404. The molecule has 0 spiro atoms. The summed E-state index contributed by atoms with van der Waals surface area (Å²) in [5.41, 5.74) is 3.57. The number of hydrazine groups is 1. The standard InChI is InChI=1S/C14H14FN3O2/c1-9-6-12(4-5-13(9)15)20-8-11-3-2-10(7-17-11)14(19)18-16/h2-7H,8,16H2,1H3,(H,18,19). The third-order valence-electron chi connectivity index (χ3n) is 2.73. The number of nitrogens with two attached hydrogens (primary N) is 1. The van der Waals surface area contributed by atoms with Gasteiger partial charge in [-0.25, -0.2) is 10.2 Å². The van der Waals surface area contributed by atoms with Crippen molar-refractivity contribution in [2.75, 3.05) is 0 Å². The predicted molar refractivity (Wildman–Crippen MR) is 71.4 cm³/mol. The van der Waals surface area contributed by atoms with Gasteiger partial charge in [-0.15, -0.1) is 0 Å². The number of nitrogens with one attached hydrogen (secondary N) is 1. The molecule has 0 atom stereocenters. The number of hydrogen-bond acceptors (Lipinski definition) is 4. The Labute approximate surface area is 115 Å². The van der Waals surface area contributed by atoms with Crippen LogP contribution in [0.3, 0.4) is 0 Å². The third-order valence-corrected chi connectivity index (χ3v) is 2.73. The molecule has 6 heteroatoms. The van der Waals surface area contributed by atoms with Crippen molar-refractivity contribution in [2.24, 2.45) is 5.84 Å². The molecule has 0 bridgehead atoms. The van der Waals surface area contributed by atoms with E-state index in [2.05, 4.69) is 4.98 Å². The molecule has 1 amide bonds. The van der Waals surface area contributed by atoms with E-state index in [1.165, 1.54) is 12.3 Å². The zero-order valence-electron chi connectivity index (χ0n) is 10.9. The Morgan fingerprint density at radius 2 is 2.20 bits per heavy atom. The maximum absolute atomic E-state index is 13.1. The Bertz CT molecular complexity index is 614. The monoisotopic (exact) mass is 275 g/mol. The highest BCUT2D eigenvalue weighted by molar-refractivity contribution is 5.93. The first kappa shape index (κ1) is 14.0. The van der Waals surface area contributed by atoms with E-state index < -0.39 is 5.91 Å². The molecular weight excluding hydrogens is 261 g/mol. The van der Waals surface area contributed by atoms with Crippen LogP contribution in [-0.4, -0.2) is 10.9 Å². The lowest BCUT2D eigenvalue weighted by molar-refractivity contribution is 0.0953. The van der Waals surface area contributed by atoms with Crippen molar-refractivity contribution in [3.05, 3.63) is 59.2 Å². The molecule has 104 valence electrons. The van der Waals surface area contributed by atoms with Gasteiger partial charge in [-0.3, -0.25) is 15.2 Å². The lowest BCUT2D eigenvalue weighted by Crippen LogP contribution is -2.30. The van der Waals surface area contributed by atoms with Gasteiger partial charge in [0, 0.05) is 6.20 Å². The summed E-state index contributed by atoms with van der Waals surface area (Å²) in [5, 5.41) is 0. The summed E-state index contributed by atoms with van der Waals surface area (Å²) in [7, 11) is 0. The second kappa shape index (κ2) is 6.12. The number of nitrogen functional groups attached to an aromatic ring is 1. The number of halogens is 1. The number of ether oxygens (including phenoxy) is 1. The Morgan fingerprint density at radius 3 is 2.80 bits per heavy atom. The molecule has 2 rings (SSSR count). The van der Waals surface area contributed by atoms with Gasteiger partial charge in [0.05, 0.1) is 11.3 Å². The van der Waals surface area contributed by atoms with Crippen LogP contribution < -0.4 is 16.0 Å². The van der Waals surface area contributed by atoms with Gasteiger partial charge >= 0.3 is 0 Å². The van der Waals surface area contributed by atoms with Gasteiger partial charge in [0.2, 0.25) is 0 Å². The van der Waals surface area contributed by atoms with Crippen molar-refractivity contribution >= 4 is 5.91 Å². The van der Waals surface area contributed by atoms with Gasteiger partial charge in [-0.2, -0.15) is 0 Å². The van der Waals surface area contributed by atoms with Crippen LogP contribution in [-0.2, 0) is 6.61 Å². The molecule has 1 heterocycles. The molecule has 1 aromatic carbocycles. The number of carbonyl (C=O) groups is 1. The number of hydrogen-bond donors (Lipinski definition) is 2. The topological polar surface area (TPSA) is 77.2 Å². The lowest BCUT2D eigenvalue weighted by atomic mass is 10.2. The highest BCUT2D eigenvalue weighted by Crippen LogP contribution is 2.17. The number of nitrogens with zero attached hydrogens (tertiary/aromatic N) is 1. The summed E-state index contributed by atoms with van der Waals surface area (Å²) >= 11 is 0. The van der Waals surface area contributed by atoms with Crippen molar-refractivity contribution in [3.63, 3.8) is 0 Å². The van der Waals surface area contributed by atoms with E-state index in [9.17, 15) is 9.18 Å². The van der Waals surface area contributed by atoms with Crippen LogP contribution in [0.5, 0.6) is 5.75 Å². The summed E-state index contributed by atoms with van der Waals surface area (Å²) in [6.45, 7) is 1.90. The molecule has 0 fully saturated rings. The van der Waals surface area contributed by atoms with Crippen LogP contribution in [0.1, 0.15) is 21.6 Å². The molecule has 3 N–H and O–H groups in total. The smallest absolute Gasteiger partial charge is 0.266 e. The van der Waals surface area contributed by atoms with E-state index >= 15 is 0 Å². The van der Waals surface area contributed by atoms with E-state index in [1.807, 2.05) is 5.43 Å². The largest absolute Gasteiger partial charge is 0.487 e. The van der Waals surface area contributed by atoms with E-state index in [0.29, 0.717) is 22.6 Å². The third kappa shape index (κ3) is 3.30. The fraction of sp³-hybridized carbons (Fsp3) is 0.143. The van der Waals surface area contributed by atoms with Crippen molar-refractivity contribution in [1.29, 1.82) is 0 Å². The quantitative estimate of drug-likeness (QED) is 0.506. The van der Waals surface area contributed by atoms with Crippen LogP contribution in [0.15, 0.2) is 36.5 Å². The maximum atomic E-state index is 13.1. The Hall–Kier alpha value is -2.47. The molecule has 0 aliphatic heterocycles. The second-order valence-electron chi connectivity index (χ2n) is 4.21. The zero-order valence-corrected chi connectivity index (χ0v) is 10.9. The SMILES string of the molecule is Cc1cc(OCc2ccc(C(=O)NN)cn2)ccc1F. The number of aryl methyl sites for hydroxylation is 1. The van der Waals surface area contributed by atoms with E-state index in [1.54, 1.807) is 31.2 Å². The molecule has 0 saturated carbocycles. The Morgan fingerprint density at radius 1 is 1.40 bits per heavy atom. The molecule has 1 aromatic heterocycles. The van der Waals surface area contributed by atoms with Crippen molar-refractivity contribution in [1.82, 2.24) is 10.4 Å². The lowest BCUT2D eigenvalue weighted by Gasteiger charge is -2.07. The van der Waals surface area contributed by atoms with Crippen LogP contribution in [0, 0.1) is 12.7 Å². The highest BCUT2D eigenvalue weighted by atomic mass is 19.1. The number of aromatic nitrogens is 1. The summed E-state index contributed by atoms with van der Waals surface area (Å²) in [4.78, 5) is 15.3. The number of carbonyl (C=O) groups excluding carboxylic acids is 1. The van der Waals surface area contributed by atoms with Gasteiger partial charge in [0.1, 0.15) is 18.2 Å². The number of pyridine rings is 1. The summed E-state index contributed by atoms with van der Waals surface area (Å²) in [6.07, 6.45) is 1.41. The number of rotatable bonds is 4. The predicted octanol–water partition coefficient (Wildman–Crippen LogP) is 1.71. The minimum Gasteiger partial charge on any atom is -0.487 e. The van der Waals surface area contributed by atoms with E-state index in [4.69, 9.17) is 10.6 Å². The first-order valence-electron chi connectivity index (χ1n) is 5.95. The van der Waals surface area contributed by atoms with Gasteiger partial charge in [-0.1, -0.05) is 0 Å². The molecule has 5 nitrogen and oxygen atoms in total. The molecule has 0 unspecified atom stereocenters. The van der Waals surface area contributed by atoms with Gasteiger partial charge in [-0.05, 0) is 42.8 Å². The molecule has 0 radical (unpaired) electrons. The highest BCUT2D eigenvalue weighted by Gasteiger charge is 2.05. The molecule has 0 aliphatic rings. The van der Waals surface area contributed by atoms with Crippen LogP contribution in [0.2, 0.25) is 0 Å².